The lowest BCUT2D eigenvalue weighted by molar-refractivity contribution is 0.265. The molecule has 0 unspecified atom stereocenters. The maximum atomic E-state index is 8.30. The summed E-state index contributed by atoms with van der Waals surface area (Å²) >= 11 is 0. The highest BCUT2D eigenvalue weighted by Gasteiger charge is 1.84. The van der Waals surface area contributed by atoms with E-state index in [-0.39, 0.29) is 19.8 Å². The van der Waals surface area contributed by atoms with Crippen molar-refractivity contribution >= 4 is 0 Å². The molecule has 0 aliphatic carbocycles. The average molecular weight is 179 g/mol. The second-order valence-electron chi connectivity index (χ2n) is 2.37. The third-order valence-corrected chi connectivity index (χ3v) is 1.20. The minimum absolute atomic E-state index is 0.0972. The number of nitrogens with two attached hydrogens (primary N) is 1. The van der Waals surface area contributed by atoms with E-state index in [0.29, 0.717) is 6.54 Å². The van der Waals surface area contributed by atoms with E-state index < -0.39 is 0 Å². The van der Waals surface area contributed by atoms with Crippen molar-refractivity contribution in [1.29, 1.82) is 0 Å². The summed E-state index contributed by atoms with van der Waals surface area (Å²) in [6.45, 7) is 1.04. The fourth-order valence-electron chi connectivity index (χ4n) is 0.577. The molecule has 0 heterocycles. The van der Waals surface area contributed by atoms with E-state index in [1.165, 1.54) is 0 Å². The summed E-state index contributed by atoms with van der Waals surface area (Å²) in [5.41, 5.74) is 4.78. The molecule has 0 bridgehead atoms. The minimum atomic E-state index is 0.0972. The van der Waals surface area contributed by atoms with Crippen LogP contribution in [0.4, 0.5) is 0 Å². The van der Waals surface area contributed by atoms with E-state index in [1.807, 2.05) is 0 Å². The Bertz CT molecular complexity index is 54.3. The monoisotopic (exact) mass is 179 g/mol. The van der Waals surface area contributed by atoms with Gasteiger partial charge in [0.05, 0.1) is 6.61 Å². The van der Waals surface area contributed by atoms with Crippen LogP contribution in [-0.4, -0.2) is 41.7 Å². The van der Waals surface area contributed by atoms with Crippen LogP contribution >= 0.6 is 0 Å². The summed E-state index contributed by atoms with van der Waals surface area (Å²) < 4.78 is 0. The van der Waals surface area contributed by atoms with Crippen LogP contribution in [0.1, 0.15) is 25.7 Å². The summed E-state index contributed by atoms with van der Waals surface area (Å²) in [5.74, 6) is 0. The minimum Gasteiger partial charge on any atom is -0.396 e. The molecular formula is C8H21NO3. The quantitative estimate of drug-likeness (QED) is 0.413. The fourth-order valence-corrected chi connectivity index (χ4v) is 0.577. The van der Waals surface area contributed by atoms with Gasteiger partial charge in [-0.2, -0.15) is 0 Å². The van der Waals surface area contributed by atoms with E-state index in [2.05, 4.69) is 0 Å². The highest BCUT2D eigenvalue weighted by atomic mass is 16.3. The van der Waals surface area contributed by atoms with E-state index in [1.54, 1.807) is 0 Å². The first-order chi connectivity index (χ1) is 5.83. The van der Waals surface area contributed by atoms with Crippen LogP contribution in [0.5, 0.6) is 0 Å². The van der Waals surface area contributed by atoms with Gasteiger partial charge in [0.15, 0.2) is 0 Å². The molecule has 0 amide bonds. The smallest absolute Gasteiger partial charge is 0.0553 e. The van der Waals surface area contributed by atoms with Gasteiger partial charge in [-0.1, -0.05) is 12.8 Å². The molecule has 0 fully saturated rings. The van der Waals surface area contributed by atoms with Crippen molar-refractivity contribution < 1.29 is 15.3 Å². The number of aliphatic hydroxyl groups is 3. The molecular weight excluding hydrogens is 158 g/mol. The molecule has 0 aliphatic heterocycles. The van der Waals surface area contributed by atoms with E-state index >= 15 is 0 Å². The third-order valence-electron chi connectivity index (χ3n) is 1.20. The van der Waals surface area contributed by atoms with Crippen molar-refractivity contribution in [2.75, 3.05) is 26.4 Å². The highest BCUT2D eigenvalue weighted by Crippen LogP contribution is 1.96. The van der Waals surface area contributed by atoms with Crippen molar-refractivity contribution in [3.8, 4) is 0 Å². The molecule has 4 heteroatoms. The zero-order valence-corrected chi connectivity index (χ0v) is 7.58. The summed E-state index contributed by atoms with van der Waals surface area (Å²) in [6, 6.07) is 0. The van der Waals surface area contributed by atoms with Crippen molar-refractivity contribution in [2.24, 2.45) is 5.73 Å². The Labute approximate surface area is 74.0 Å². The van der Waals surface area contributed by atoms with Gasteiger partial charge >= 0.3 is 0 Å². The van der Waals surface area contributed by atoms with Crippen LogP contribution in [0.3, 0.4) is 0 Å². The molecule has 4 nitrogen and oxygen atoms in total. The summed E-state index contributed by atoms with van der Waals surface area (Å²) in [5, 5.41) is 24.4. The second-order valence-corrected chi connectivity index (χ2v) is 2.37. The molecule has 0 radical (unpaired) electrons. The van der Waals surface area contributed by atoms with E-state index in [0.717, 1.165) is 25.7 Å². The van der Waals surface area contributed by atoms with Crippen LogP contribution < -0.4 is 5.73 Å². The Morgan fingerprint density at radius 1 is 0.667 bits per heavy atom. The molecule has 0 saturated heterocycles. The second kappa shape index (κ2) is 17.1. The Kier molecular flexibility index (Phi) is 20.4. The summed E-state index contributed by atoms with van der Waals surface area (Å²) in [6.07, 6.45) is 3.83. The molecule has 0 aliphatic rings. The summed E-state index contributed by atoms with van der Waals surface area (Å²) in [4.78, 5) is 0. The van der Waals surface area contributed by atoms with Gasteiger partial charge in [-0.15, -0.1) is 0 Å². The van der Waals surface area contributed by atoms with Crippen molar-refractivity contribution in [2.45, 2.75) is 25.7 Å². The van der Waals surface area contributed by atoms with E-state index in [9.17, 15) is 0 Å². The molecule has 0 aromatic carbocycles. The zero-order valence-electron chi connectivity index (χ0n) is 7.58. The first-order valence-electron chi connectivity index (χ1n) is 4.36. The number of hydrogen-bond donors (Lipinski definition) is 4. The fraction of sp³-hybridized carbons (Fsp3) is 1.00. The van der Waals surface area contributed by atoms with Crippen LogP contribution in [0.2, 0.25) is 0 Å². The Morgan fingerprint density at radius 3 is 1.17 bits per heavy atom. The molecule has 5 N–H and O–H groups in total. The van der Waals surface area contributed by atoms with Gasteiger partial charge in [-0.3, -0.25) is 0 Å². The lowest BCUT2D eigenvalue weighted by atomic mass is 10.2. The van der Waals surface area contributed by atoms with Crippen molar-refractivity contribution in [3.05, 3.63) is 0 Å². The normalized spacial score (nSPS) is 9.00. The van der Waals surface area contributed by atoms with Gasteiger partial charge in [0.1, 0.15) is 0 Å². The van der Waals surface area contributed by atoms with Crippen LogP contribution in [0.25, 0.3) is 0 Å². The molecule has 0 saturated carbocycles. The van der Waals surface area contributed by atoms with Crippen LogP contribution in [0.15, 0.2) is 0 Å². The average Bonchev–Trinajstić information content (AvgIpc) is 2.13. The zero-order chi connectivity index (χ0) is 9.66. The van der Waals surface area contributed by atoms with Crippen LogP contribution in [0, 0.1) is 0 Å². The molecule has 0 aromatic heterocycles. The SMILES string of the molecule is NCCO.OCCCCCCO. The predicted molar refractivity (Wildman–Crippen MR) is 48.8 cm³/mol. The van der Waals surface area contributed by atoms with Gasteiger partial charge in [-0.25, -0.2) is 0 Å². The van der Waals surface area contributed by atoms with Gasteiger partial charge < -0.3 is 21.1 Å². The highest BCUT2D eigenvalue weighted by molar-refractivity contribution is 4.39. The standard InChI is InChI=1S/C6H14O2.C2H7NO/c7-5-3-1-2-4-6-8;3-1-2-4/h7-8H,1-6H2;4H,1-3H2. The third kappa shape index (κ3) is 22.5. The van der Waals surface area contributed by atoms with Gasteiger partial charge in [0.2, 0.25) is 0 Å². The maximum absolute atomic E-state index is 8.30. The Hall–Kier alpha value is -0.160. The maximum Gasteiger partial charge on any atom is 0.0553 e. The molecule has 0 rings (SSSR count). The van der Waals surface area contributed by atoms with Crippen molar-refractivity contribution in [1.82, 2.24) is 0 Å². The van der Waals surface area contributed by atoms with Gasteiger partial charge in [-0.05, 0) is 12.8 Å². The first-order valence-corrected chi connectivity index (χ1v) is 4.36. The topological polar surface area (TPSA) is 86.7 Å². The number of aliphatic hydroxyl groups excluding tert-OH is 3. The molecule has 12 heavy (non-hydrogen) atoms. The molecule has 76 valence electrons. The van der Waals surface area contributed by atoms with E-state index in [4.69, 9.17) is 21.1 Å². The molecule has 0 atom stereocenters. The van der Waals surface area contributed by atoms with Crippen molar-refractivity contribution in [3.63, 3.8) is 0 Å². The number of hydrogen-bond acceptors (Lipinski definition) is 4. The largest absolute Gasteiger partial charge is 0.396 e. The Balaban J connectivity index is 0. The van der Waals surface area contributed by atoms with Crippen LogP contribution in [-0.2, 0) is 0 Å². The van der Waals surface area contributed by atoms with Gasteiger partial charge in [0.25, 0.3) is 0 Å². The summed E-state index contributed by atoms with van der Waals surface area (Å²) in [7, 11) is 0. The Morgan fingerprint density at radius 2 is 1.00 bits per heavy atom. The number of rotatable bonds is 6. The number of unbranched alkanes of at least 4 members (excludes halogenated alkanes) is 3. The molecule has 0 spiro atoms. The first kappa shape index (κ1) is 14.4. The molecule has 0 aromatic rings. The lowest BCUT2D eigenvalue weighted by Gasteiger charge is -1.93. The van der Waals surface area contributed by atoms with Gasteiger partial charge in [0, 0.05) is 19.8 Å². The predicted octanol–water partition coefficient (Wildman–Crippen LogP) is -0.531. The lowest BCUT2D eigenvalue weighted by Crippen LogP contribution is -2.02.